The Hall–Kier alpha value is -3.11. The van der Waals surface area contributed by atoms with Crippen molar-refractivity contribution in [3.8, 4) is 5.75 Å². The summed E-state index contributed by atoms with van der Waals surface area (Å²) in [6.45, 7) is 3.16. The molecule has 0 aliphatic carbocycles. The van der Waals surface area contributed by atoms with Gasteiger partial charge in [0.25, 0.3) is 11.8 Å². The molecule has 0 saturated carbocycles. The van der Waals surface area contributed by atoms with Gasteiger partial charge in [-0.25, -0.2) is 4.39 Å². The Labute approximate surface area is 190 Å². The summed E-state index contributed by atoms with van der Waals surface area (Å²) in [5.41, 5.74) is 5.73. The number of ether oxygens (including phenoxy) is 3. The second kappa shape index (κ2) is 11.7. The second-order valence-corrected chi connectivity index (χ2v) is 7.78. The Bertz CT molecular complexity index is 969. The molecule has 2 amide bonds. The number of carbonyl (C=O) groups is 2. The summed E-state index contributed by atoms with van der Waals surface area (Å²) in [6, 6.07) is 6.99. The zero-order valence-electron chi connectivity index (χ0n) is 18.3. The van der Waals surface area contributed by atoms with Crippen LogP contribution >= 0.6 is 0 Å². The van der Waals surface area contributed by atoms with Crippen molar-refractivity contribution in [3.63, 3.8) is 0 Å². The van der Waals surface area contributed by atoms with E-state index in [9.17, 15) is 18.4 Å². The van der Waals surface area contributed by atoms with Gasteiger partial charge < -0.3 is 25.3 Å². The van der Waals surface area contributed by atoms with Crippen LogP contribution in [-0.4, -0.2) is 48.3 Å². The van der Waals surface area contributed by atoms with E-state index < -0.39 is 23.6 Å². The maximum absolute atomic E-state index is 13.2. The highest BCUT2D eigenvalue weighted by atomic mass is 19.2. The number of halogens is 2. The number of nitrogens with two attached hydrogens (primary N) is 1. The van der Waals surface area contributed by atoms with Gasteiger partial charge in [0.15, 0.2) is 11.6 Å². The monoisotopic (exact) mass is 463 g/mol. The minimum Gasteiger partial charge on any atom is -0.487 e. The normalized spacial score (nSPS) is 20.5. The van der Waals surface area contributed by atoms with E-state index >= 15 is 0 Å². The van der Waals surface area contributed by atoms with Gasteiger partial charge in [-0.3, -0.25) is 14.6 Å². The Morgan fingerprint density at radius 1 is 1.15 bits per heavy atom. The van der Waals surface area contributed by atoms with Gasteiger partial charge in [0, 0.05) is 24.7 Å². The van der Waals surface area contributed by atoms with Crippen molar-refractivity contribution in [2.45, 2.75) is 50.9 Å². The molecule has 2 aromatic rings. The molecule has 2 aliphatic rings. The minimum atomic E-state index is -0.913. The van der Waals surface area contributed by atoms with Gasteiger partial charge in [-0.05, 0) is 44.0 Å². The lowest BCUT2D eigenvalue weighted by atomic mass is 10.1. The molecule has 3 N–H and O–H groups in total. The van der Waals surface area contributed by atoms with Crippen LogP contribution in [0.1, 0.15) is 43.1 Å². The van der Waals surface area contributed by atoms with Crippen LogP contribution in [0.4, 0.5) is 14.5 Å². The lowest BCUT2D eigenvalue weighted by Gasteiger charge is -2.23. The SMILES string of the molecule is CC1CCC(C(=O)Nc2ccnc(C(N)=O)c2)O1.Fc1cccc(OC2CCOCC2)c1F. The Morgan fingerprint density at radius 2 is 1.91 bits per heavy atom. The Morgan fingerprint density at radius 3 is 2.58 bits per heavy atom. The molecule has 33 heavy (non-hydrogen) atoms. The molecule has 4 rings (SSSR count). The molecule has 10 heteroatoms. The fourth-order valence-electron chi connectivity index (χ4n) is 3.41. The number of pyridine rings is 1. The predicted octanol–water partition coefficient (Wildman–Crippen LogP) is 3.21. The summed E-state index contributed by atoms with van der Waals surface area (Å²) in [4.78, 5) is 26.6. The molecule has 2 atom stereocenters. The standard InChI is InChI=1S/C12H15N3O3.C11H12F2O2/c1-7-2-3-10(18-7)12(17)15-8-4-5-14-9(6-8)11(13)16;12-9-2-1-3-10(11(9)13)15-8-4-6-14-7-5-8/h4-7,10H,2-3H2,1H3,(H2,13,16)(H,14,15,17);1-3,8H,4-7H2. The highest BCUT2D eigenvalue weighted by Crippen LogP contribution is 2.23. The quantitative estimate of drug-likeness (QED) is 0.704. The van der Waals surface area contributed by atoms with E-state index in [4.69, 9.17) is 19.9 Å². The van der Waals surface area contributed by atoms with Crippen molar-refractivity contribution in [1.82, 2.24) is 4.98 Å². The minimum absolute atomic E-state index is 0.0121. The van der Waals surface area contributed by atoms with Crippen molar-refractivity contribution in [2.24, 2.45) is 5.73 Å². The second-order valence-electron chi connectivity index (χ2n) is 7.78. The molecule has 178 valence electrons. The van der Waals surface area contributed by atoms with E-state index in [1.165, 1.54) is 24.4 Å². The Balaban J connectivity index is 0.000000189. The Kier molecular flexibility index (Phi) is 8.67. The third kappa shape index (κ3) is 7.19. The van der Waals surface area contributed by atoms with Crippen LogP contribution < -0.4 is 15.8 Å². The number of rotatable bonds is 5. The van der Waals surface area contributed by atoms with Gasteiger partial charge in [0.05, 0.1) is 19.3 Å². The fourth-order valence-corrected chi connectivity index (χ4v) is 3.41. The molecule has 3 heterocycles. The van der Waals surface area contributed by atoms with Crippen LogP contribution in [0.5, 0.6) is 5.75 Å². The average Bonchev–Trinajstić information content (AvgIpc) is 3.25. The molecule has 2 aliphatic heterocycles. The summed E-state index contributed by atoms with van der Waals surface area (Å²) in [5, 5.41) is 2.69. The number of nitrogens with one attached hydrogen (secondary N) is 1. The number of anilines is 1. The van der Waals surface area contributed by atoms with E-state index in [1.807, 2.05) is 6.92 Å². The van der Waals surface area contributed by atoms with Gasteiger partial charge in [0.1, 0.15) is 17.9 Å². The number of hydrogen-bond donors (Lipinski definition) is 2. The van der Waals surface area contributed by atoms with Crippen molar-refractivity contribution in [2.75, 3.05) is 18.5 Å². The first-order valence-corrected chi connectivity index (χ1v) is 10.7. The lowest BCUT2D eigenvalue weighted by Crippen LogP contribution is -2.28. The molecule has 2 saturated heterocycles. The van der Waals surface area contributed by atoms with Gasteiger partial charge in [0.2, 0.25) is 5.82 Å². The highest BCUT2D eigenvalue weighted by Gasteiger charge is 2.28. The summed E-state index contributed by atoms with van der Waals surface area (Å²) in [6.07, 6.45) is 4.06. The summed E-state index contributed by atoms with van der Waals surface area (Å²) >= 11 is 0. The number of carbonyl (C=O) groups excluding carboxylic acids is 2. The smallest absolute Gasteiger partial charge is 0.267 e. The highest BCUT2D eigenvalue weighted by molar-refractivity contribution is 5.96. The zero-order valence-corrected chi connectivity index (χ0v) is 18.3. The summed E-state index contributed by atoms with van der Waals surface area (Å²) in [5.74, 6) is -2.64. The van der Waals surface area contributed by atoms with Gasteiger partial charge >= 0.3 is 0 Å². The summed E-state index contributed by atoms with van der Waals surface area (Å²) < 4.78 is 42.0. The van der Waals surface area contributed by atoms with Crippen LogP contribution in [0, 0.1) is 11.6 Å². The molecule has 0 radical (unpaired) electrons. The number of primary amides is 1. The third-order valence-corrected chi connectivity index (χ3v) is 5.18. The molecular formula is C23H27F2N3O5. The topological polar surface area (TPSA) is 113 Å². The van der Waals surface area contributed by atoms with E-state index in [0.717, 1.165) is 25.3 Å². The number of aromatic nitrogens is 1. The van der Waals surface area contributed by atoms with E-state index in [1.54, 1.807) is 6.07 Å². The fraction of sp³-hybridized carbons (Fsp3) is 0.435. The lowest BCUT2D eigenvalue weighted by molar-refractivity contribution is -0.126. The summed E-state index contributed by atoms with van der Waals surface area (Å²) in [7, 11) is 0. The number of benzene rings is 1. The van der Waals surface area contributed by atoms with Crippen LogP contribution in [0.15, 0.2) is 36.5 Å². The maximum Gasteiger partial charge on any atom is 0.267 e. The van der Waals surface area contributed by atoms with Crippen molar-refractivity contribution < 1.29 is 32.6 Å². The predicted molar refractivity (Wildman–Crippen MR) is 116 cm³/mol. The number of nitrogens with zero attached hydrogens (tertiary/aromatic N) is 1. The van der Waals surface area contributed by atoms with E-state index in [0.29, 0.717) is 25.3 Å². The average molecular weight is 463 g/mol. The number of amides is 2. The van der Waals surface area contributed by atoms with Crippen LogP contribution in [0.3, 0.4) is 0 Å². The third-order valence-electron chi connectivity index (χ3n) is 5.18. The molecule has 0 spiro atoms. The first-order chi connectivity index (χ1) is 15.8. The molecule has 1 aromatic heterocycles. The van der Waals surface area contributed by atoms with Crippen LogP contribution in [0.2, 0.25) is 0 Å². The van der Waals surface area contributed by atoms with Gasteiger partial charge in [-0.1, -0.05) is 6.07 Å². The molecule has 2 unspecified atom stereocenters. The molecular weight excluding hydrogens is 436 g/mol. The van der Waals surface area contributed by atoms with Gasteiger partial charge in [-0.15, -0.1) is 0 Å². The van der Waals surface area contributed by atoms with Crippen molar-refractivity contribution in [1.29, 1.82) is 0 Å². The van der Waals surface area contributed by atoms with E-state index in [-0.39, 0.29) is 29.6 Å². The first kappa shape index (κ1) is 24.5. The van der Waals surface area contributed by atoms with Crippen molar-refractivity contribution >= 4 is 17.5 Å². The van der Waals surface area contributed by atoms with Gasteiger partial charge in [-0.2, -0.15) is 4.39 Å². The molecule has 1 aromatic carbocycles. The number of hydrogen-bond acceptors (Lipinski definition) is 6. The molecule has 8 nitrogen and oxygen atoms in total. The first-order valence-electron chi connectivity index (χ1n) is 10.7. The maximum atomic E-state index is 13.2. The largest absolute Gasteiger partial charge is 0.487 e. The molecule has 0 bridgehead atoms. The van der Waals surface area contributed by atoms with Crippen molar-refractivity contribution in [3.05, 3.63) is 53.9 Å². The molecule has 2 fully saturated rings. The van der Waals surface area contributed by atoms with Crippen LogP contribution in [0.25, 0.3) is 0 Å². The van der Waals surface area contributed by atoms with E-state index in [2.05, 4.69) is 10.3 Å². The van der Waals surface area contributed by atoms with Crippen LogP contribution in [-0.2, 0) is 14.3 Å². The zero-order chi connectivity index (χ0) is 23.8.